The molecule has 6 nitrogen and oxygen atoms in total. The Morgan fingerprint density at radius 2 is 2.17 bits per heavy atom. The third kappa shape index (κ3) is 6.72. The minimum Gasteiger partial charge on any atom is -0.377 e. The zero-order valence-electron chi connectivity index (χ0n) is 14.9. The molecule has 2 heterocycles. The van der Waals surface area contributed by atoms with Crippen molar-refractivity contribution in [3.05, 3.63) is 0 Å². The maximum Gasteiger partial charge on any atom is 0.191 e. The fourth-order valence-corrected chi connectivity index (χ4v) is 2.90. The average molecular weight is 440 g/mol. The van der Waals surface area contributed by atoms with Gasteiger partial charge in [-0.15, -0.1) is 24.0 Å². The molecule has 0 spiro atoms. The predicted octanol–water partition coefficient (Wildman–Crippen LogP) is 1.45. The molecule has 136 valence electrons. The van der Waals surface area contributed by atoms with Crippen LogP contribution in [0.3, 0.4) is 0 Å². The van der Waals surface area contributed by atoms with E-state index in [-0.39, 0.29) is 35.7 Å². The van der Waals surface area contributed by atoms with Gasteiger partial charge < -0.3 is 20.1 Å². The van der Waals surface area contributed by atoms with Gasteiger partial charge in [-0.3, -0.25) is 9.89 Å². The molecular formula is C16H33IN4O2. The first-order valence-corrected chi connectivity index (χ1v) is 8.47. The third-order valence-electron chi connectivity index (χ3n) is 4.47. The van der Waals surface area contributed by atoms with E-state index in [0.29, 0.717) is 12.6 Å². The Labute approximate surface area is 157 Å². The molecule has 0 aromatic heterocycles. The molecular weight excluding hydrogens is 407 g/mol. The van der Waals surface area contributed by atoms with Crippen LogP contribution in [0.15, 0.2) is 4.99 Å². The van der Waals surface area contributed by atoms with Crippen molar-refractivity contribution < 1.29 is 9.47 Å². The highest BCUT2D eigenvalue weighted by atomic mass is 127. The first-order chi connectivity index (χ1) is 10.5. The molecule has 0 aliphatic carbocycles. The first kappa shape index (κ1) is 20.9. The SMILES string of the molecule is CCNC(=NCC(C)(C)OC)NCC1CN2CCCC2CO1.I. The van der Waals surface area contributed by atoms with Crippen molar-refractivity contribution in [2.45, 2.75) is 51.4 Å². The van der Waals surface area contributed by atoms with Crippen LogP contribution in [0, 0.1) is 0 Å². The lowest BCUT2D eigenvalue weighted by Crippen LogP contribution is -2.51. The molecule has 0 aromatic rings. The van der Waals surface area contributed by atoms with Crippen molar-refractivity contribution in [1.82, 2.24) is 15.5 Å². The molecule has 2 aliphatic rings. The summed E-state index contributed by atoms with van der Waals surface area (Å²) in [6.45, 7) is 11.5. The maximum atomic E-state index is 5.98. The highest BCUT2D eigenvalue weighted by Gasteiger charge is 2.32. The normalized spacial score (nSPS) is 25.7. The zero-order valence-corrected chi connectivity index (χ0v) is 17.3. The van der Waals surface area contributed by atoms with E-state index < -0.39 is 0 Å². The Morgan fingerprint density at radius 1 is 1.39 bits per heavy atom. The standard InChI is InChI=1S/C16H32N4O2.HI/c1-5-17-15(19-12-16(2,3)21-4)18-9-14-10-20-8-6-7-13(20)11-22-14;/h13-14H,5-12H2,1-4H3,(H2,17,18,19);1H. The van der Waals surface area contributed by atoms with E-state index in [0.717, 1.165) is 32.2 Å². The monoisotopic (exact) mass is 440 g/mol. The lowest BCUT2D eigenvalue weighted by atomic mass is 10.1. The molecule has 2 rings (SSSR count). The molecule has 2 atom stereocenters. The number of fused-ring (bicyclic) bond motifs is 1. The van der Waals surface area contributed by atoms with Gasteiger partial charge in [-0.25, -0.2) is 0 Å². The van der Waals surface area contributed by atoms with Crippen LogP contribution >= 0.6 is 24.0 Å². The quantitative estimate of drug-likeness (QED) is 0.372. The van der Waals surface area contributed by atoms with E-state index in [1.54, 1.807) is 7.11 Å². The minimum atomic E-state index is -0.244. The van der Waals surface area contributed by atoms with Gasteiger partial charge in [0.15, 0.2) is 5.96 Å². The van der Waals surface area contributed by atoms with E-state index in [1.165, 1.54) is 19.4 Å². The number of morpholine rings is 1. The summed E-state index contributed by atoms with van der Waals surface area (Å²) in [6.07, 6.45) is 2.84. The highest BCUT2D eigenvalue weighted by molar-refractivity contribution is 14.0. The predicted molar refractivity (Wildman–Crippen MR) is 105 cm³/mol. The third-order valence-corrected chi connectivity index (χ3v) is 4.47. The summed E-state index contributed by atoms with van der Waals surface area (Å²) in [5.41, 5.74) is -0.244. The summed E-state index contributed by atoms with van der Waals surface area (Å²) < 4.78 is 11.4. The minimum absolute atomic E-state index is 0. The van der Waals surface area contributed by atoms with Crippen LogP contribution in [0.4, 0.5) is 0 Å². The Hall–Kier alpha value is -0.120. The van der Waals surface area contributed by atoms with E-state index in [9.17, 15) is 0 Å². The van der Waals surface area contributed by atoms with Crippen LogP contribution in [0.5, 0.6) is 0 Å². The van der Waals surface area contributed by atoms with E-state index in [1.807, 2.05) is 13.8 Å². The van der Waals surface area contributed by atoms with Crippen LogP contribution < -0.4 is 10.6 Å². The van der Waals surface area contributed by atoms with Crippen LogP contribution in [0.1, 0.15) is 33.6 Å². The Kier molecular flexibility index (Phi) is 9.10. The number of hydrogen-bond acceptors (Lipinski definition) is 4. The molecule has 7 heteroatoms. The van der Waals surface area contributed by atoms with Gasteiger partial charge in [-0.05, 0) is 40.2 Å². The Morgan fingerprint density at radius 3 is 2.87 bits per heavy atom. The second-order valence-electron chi connectivity index (χ2n) is 6.79. The number of ether oxygens (including phenoxy) is 2. The topological polar surface area (TPSA) is 58.1 Å². The maximum absolute atomic E-state index is 5.98. The molecule has 0 bridgehead atoms. The van der Waals surface area contributed by atoms with E-state index in [4.69, 9.17) is 9.47 Å². The van der Waals surface area contributed by atoms with Crippen LogP contribution in [0.25, 0.3) is 0 Å². The van der Waals surface area contributed by atoms with E-state index >= 15 is 0 Å². The number of nitrogens with zero attached hydrogens (tertiary/aromatic N) is 2. The Bertz CT molecular complexity index is 379. The van der Waals surface area contributed by atoms with Crippen molar-refractivity contribution in [2.24, 2.45) is 4.99 Å². The molecule has 0 aromatic carbocycles. The summed E-state index contributed by atoms with van der Waals surface area (Å²) in [4.78, 5) is 7.17. The molecule has 23 heavy (non-hydrogen) atoms. The number of aliphatic imine (C=N–C) groups is 1. The van der Waals surface area contributed by atoms with E-state index in [2.05, 4.69) is 27.4 Å². The average Bonchev–Trinajstić information content (AvgIpc) is 2.97. The number of hydrogen-bond donors (Lipinski definition) is 2. The largest absolute Gasteiger partial charge is 0.377 e. The lowest BCUT2D eigenvalue weighted by molar-refractivity contribution is -0.0453. The van der Waals surface area contributed by atoms with Crippen LogP contribution in [-0.2, 0) is 9.47 Å². The van der Waals surface area contributed by atoms with Gasteiger partial charge >= 0.3 is 0 Å². The van der Waals surface area contributed by atoms with Gasteiger partial charge in [0.25, 0.3) is 0 Å². The fraction of sp³-hybridized carbons (Fsp3) is 0.938. The molecule has 0 amide bonds. The first-order valence-electron chi connectivity index (χ1n) is 8.47. The van der Waals surface area contributed by atoms with Crippen molar-refractivity contribution in [2.75, 3.05) is 46.4 Å². The molecule has 2 unspecified atom stereocenters. The smallest absolute Gasteiger partial charge is 0.191 e. The van der Waals surface area contributed by atoms with Gasteiger partial charge in [0.05, 0.1) is 24.9 Å². The molecule has 2 fully saturated rings. The summed E-state index contributed by atoms with van der Waals surface area (Å²) in [5, 5.41) is 6.68. The lowest BCUT2D eigenvalue weighted by Gasteiger charge is -2.35. The van der Waals surface area contributed by atoms with Crippen molar-refractivity contribution in [3.63, 3.8) is 0 Å². The number of rotatable bonds is 6. The summed E-state index contributed by atoms with van der Waals surface area (Å²) >= 11 is 0. The van der Waals surface area contributed by atoms with Crippen molar-refractivity contribution in [3.8, 4) is 0 Å². The molecule has 2 saturated heterocycles. The van der Waals surface area contributed by atoms with Gasteiger partial charge in [0.1, 0.15) is 0 Å². The van der Waals surface area contributed by atoms with Crippen molar-refractivity contribution in [1.29, 1.82) is 0 Å². The van der Waals surface area contributed by atoms with Crippen LogP contribution in [-0.4, -0.2) is 75.0 Å². The van der Waals surface area contributed by atoms with Gasteiger partial charge in [0.2, 0.25) is 0 Å². The van der Waals surface area contributed by atoms with Crippen molar-refractivity contribution >= 4 is 29.9 Å². The number of nitrogens with one attached hydrogen (secondary N) is 2. The summed E-state index contributed by atoms with van der Waals surface area (Å²) in [5.74, 6) is 0.833. The molecule has 2 aliphatic heterocycles. The number of methoxy groups -OCH3 is 1. The Balaban J connectivity index is 0.00000264. The molecule has 0 saturated carbocycles. The highest BCUT2D eigenvalue weighted by Crippen LogP contribution is 2.22. The van der Waals surface area contributed by atoms with Gasteiger partial charge in [-0.2, -0.15) is 0 Å². The molecule has 0 radical (unpaired) electrons. The van der Waals surface area contributed by atoms with Gasteiger partial charge in [-0.1, -0.05) is 0 Å². The van der Waals surface area contributed by atoms with Crippen LogP contribution in [0.2, 0.25) is 0 Å². The summed E-state index contributed by atoms with van der Waals surface area (Å²) in [7, 11) is 1.72. The second-order valence-corrected chi connectivity index (χ2v) is 6.79. The number of halogens is 1. The van der Waals surface area contributed by atoms with Gasteiger partial charge in [0, 0.05) is 32.8 Å². The summed E-state index contributed by atoms with van der Waals surface area (Å²) in [6, 6.07) is 0.653. The molecule has 2 N–H and O–H groups in total. The fourth-order valence-electron chi connectivity index (χ4n) is 2.90. The zero-order chi connectivity index (χ0) is 16.0. The second kappa shape index (κ2) is 10.0. The number of guanidine groups is 1.